The van der Waals surface area contributed by atoms with Crippen LogP contribution in [0.2, 0.25) is 0 Å². The number of methoxy groups -OCH3 is 1. The Kier molecular flexibility index (Phi) is 4.17. The molecule has 1 aromatic carbocycles. The maximum atomic E-state index is 9.20. The van der Waals surface area contributed by atoms with Crippen molar-refractivity contribution in [1.29, 1.82) is 0 Å². The van der Waals surface area contributed by atoms with Gasteiger partial charge in [0.1, 0.15) is 0 Å². The predicted octanol–water partition coefficient (Wildman–Crippen LogP) is 1.53. The molecule has 5 heteroatoms. The van der Waals surface area contributed by atoms with Crippen molar-refractivity contribution in [1.82, 2.24) is 5.32 Å². The molecule has 0 aromatic heterocycles. The van der Waals surface area contributed by atoms with Crippen LogP contribution in [0.3, 0.4) is 0 Å². The molecule has 0 fully saturated rings. The van der Waals surface area contributed by atoms with E-state index in [0.717, 1.165) is 17.9 Å². The molecule has 0 saturated heterocycles. The molecule has 19 heavy (non-hydrogen) atoms. The van der Waals surface area contributed by atoms with Crippen molar-refractivity contribution in [2.75, 3.05) is 27.1 Å². The molecule has 2 N–H and O–H groups in total. The van der Waals surface area contributed by atoms with E-state index in [9.17, 15) is 5.11 Å². The highest BCUT2D eigenvalue weighted by atomic mass is 16.7. The van der Waals surface area contributed by atoms with Gasteiger partial charge in [0.25, 0.3) is 0 Å². The quantitative estimate of drug-likeness (QED) is 0.818. The Balaban J connectivity index is 2.02. The zero-order valence-electron chi connectivity index (χ0n) is 11.7. The van der Waals surface area contributed by atoms with Gasteiger partial charge in [-0.25, -0.2) is 0 Å². The molecular weight excluding hydrogens is 246 g/mol. The lowest BCUT2D eigenvalue weighted by atomic mass is 9.95. The van der Waals surface area contributed by atoms with Crippen LogP contribution in [0, 0.1) is 5.41 Å². The standard InChI is InChI=1S/C14H21NO4/c1-14(2,8-16)7-15-6-10-4-11(17-3)13-12(5-10)18-9-19-13/h4-5,15-16H,6-9H2,1-3H3. The molecule has 0 spiro atoms. The maximum absolute atomic E-state index is 9.20. The topological polar surface area (TPSA) is 60.0 Å². The third-order valence-corrected chi connectivity index (χ3v) is 3.08. The number of aliphatic hydroxyl groups is 1. The summed E-state index contributed by atoms with van der Waals surface area (Å²) in [6, 6.07) is 3.89. The molecule has 1 aromatic rings. The Morgan fingerprint density at radius 3 is 2.84 bits per heavy atom. The second-order valence-corrected chi connectivity index (χ2v) is 5.46. The van der Waals surface area contributed by atoms with E-state index in [0.29, 0.717) is 18.0 Å². The van der Waals surface area contributed by atoms with Crippen LogP contribution in [0.15, 0.2) is 12.1 Å². The van der Waals surface area contributed by atoms with Gasteiger partial charge in [-0.3, -0.25) is 0 Å². The van der Waals surface area contributed by atoms with Crippen LogP contribution in [-0.2, 0) is 6.54 Å². The third-order valence-electron chi connectivity index (χ3n) is 3.08. The summed E-state index contributed by atoms with van der Waals surface area (Å²) in [4.78, 5) is 0. The minimum absolute atomic E-state index is 0.125. The van der Waals surface area contributed by atoms with E-state index in [2.05, 4.69) is 5.32 Å². The molecule has 1 heterocycles. The van der Waals surface area contributed by atoms with Crippen LogP contribution in [0.25, 0.3) is 0 Å². The van der Waals surface area contributed by atoms with Crippen LogP contribution in [0.5, 0.6) is 17.2 Å². The average Bonchev–Trinajstić information content (AvgIpc) is 2.85. The highest BCUT2D eigenvalue weighted by Gasteiger charge is 2.20. The average molecular weight is 267 g/mol. The van der Waals surface area contributed by atoms with Gasteiger partial charge in [0, 0.05) is 25.1 Å². The molecule has 0 saturated carbocycles. The smallest absolute Gasteiger partial charge is 0.231 e. The summed E-state index contributed by atoms with van der Waals surface area (Å²) in [5.74, 6) is 2.08. The van der Waals surface area contributed by atoms with E-state index in [1.807, 2.05) is 26.0 Å². The first-order valence-electron chi connectivity index (χ1n) is 6.34. The lowest BCUT2D eigenvalue weighted by Crippen LogP contribution is -2.31. The first-order chi connectivity index (χ1) is 9.05. The monoisotopic (exact) mass is 267 g/mol. The van der Waals surface area contributed by atoms with Gasteiger partial charge in [-0.2, -0.15) is 0 Å². The second-order valence-electron chi connectivity index (χ2n) is 5.46. The Bertz CT molecular complexity index is 445. The summed E-state index contributed by atoms with van der Waals surface area (Å²) in [5.41, 5.74) is 0.940. The fraction of sp³-hybridized carbons (Fsp3) is 0.571. The molecule has 2 rings (SSSR count). The highest BCUT2D eigenvalue weighted by Crippen LogP contribution is 2.41. The second kappa shape index (κ2) is 5.67. The summed E-state index contributed by atoms with van der Waals surface area (Å²) in [7, 11) is 1.61. The number of nitrogens with one attached hydrogen (secondary N) is 1. The van der Waals surface area contributed by atoms with Gasteiger partial charge < -0.3 is 24.6 Å². The third kappa shape index (κ3) is 3.30. The Hall–Kier alpha value is -1.46. The molecule has 1 aliphatic heterocycles. The first kappa shape index (κ1) is 14.0. The molecule has 0 aliphatic carbocycles. The van der Waals surface area contributed by atoms with Gasteiger partial charge in [0.15, 0.2) is 11.5 Å². The molecule has 0 bridgehead atoms. The van der Waals surface area contributed by atoms with E-state index in [-0.39, 0.29) is 18.8 Å². The lowest BCUT2D eigenvalue weighted by molar-refractivity contribution is 0.156. The molecule has 0 amide bonds. The van der Waals surface area contributed by atoms with Gasteiger partial charge >= 0.3 is 0 Å². The molecule has 0 unspecified atom stereocenters. The zero-order valence-corrected chi connectivity index (χ0v) is 11.7. The van der Waals surface area contributed by atoms with Crippen molar-refractivity contribution >= 4 is 0 Å². The summed E-state index contributed by atoms with van der Waals surface area (Å²) in [6.07, 6.45) is 0. The molecule has 0 radical (unpaired) electrons. The number of hydrogen-bond acceptors (Lipinski definition) is 5. The van der Waals surface area contributed by atoms with Crippen molar-refractivity contribution in [2.45, 2.75) is 20.4 Å². The van der Waals surface area contributed by atoms with Crippen LogP contribution in [0.1, 0.15) is 19.4 Å². The van der Waals surface area contributed by atoms with Gasteiger partial charge in [0.2, 0.25) is 12.5 Å². The number of hydrogen-bond donors (Lipinski definition) is 2. The van der Waals surface area contributed by atoms with Crippen molar-refractivity contribution in [2.24, 2.45) is 5.41 Å². The van der Waals surface area contributed by atoms with Crippen molar-refractivity contribution < 1.29 is 19.3 Å². The molecule has 1 aliphatic rings. The SMILES string of the molecule is COc1cc(CNCC(C)(C)CO)cc2c1OCO2. The van der Waals surface area contributed by atoms with E-state index in [4.69, 9.17) is 14.2 Å². The largest absolute Gasteiger partial charge is 0.493 e. The number of fused-ring (bicyclic) bond motifs is 1. The minimum Gasteiger partial charge on any atom is -0.493 e. The fourth-order valence-corrected chi connectivity index (χ4v) is 1.89. The predicted molar refractivity (Wildman–Crippen MR) is 71.7 cm³/mol. The van der Waals surface area contributed by atoms with Crippen LogP contribution in [-0.4, -0.2) is 32.2 Å². The zero-order chi connectivity index (χ0) is 13.9. The molecule has 0 atom stereocenters. The van der Waals surface area contributed by atoms with E-state index < -0.39 is 0 Å². The summed E-state index contributed by atoms with van der Waals surface area (Å²) in [6.45, 7) is 5.85. The Labute approximate surface area is 113 Å². The molecule has 106 valence electrons. The van der Waals surface area contributed by atoms with Crippen LogP contribution < -0.4 is 19.5 Å². The summed E-state index contributed by atoms with van der Waals surface area (Å²) < 4.78 is 16.0. The summed E-state index contributed by atoms with van der Waals surface area (Å²) in [5, 5.41) is 12.5. The van der Waals surface area contributed by atoms with Crippen LogP contribution >= 0.6 is 0 Å². The Morgan fingerprint density at radius 2 is 2.16 bits per heavy atom. The van der Waals surface area contributed by atoms with Gasteiger partial charge in [-0.15, -0.1) is 0 Å². The van der Waals surface area contributed by atoms with Gasteiger partial charge in [-0.1, -0.05) is 13.8 Å². The van der Waals surface area contributed by atoms with Gasteiger partial charge in [-0.05, 0) is 17.7 Å². The molecular formula is C14H21NO4. The first-order valence-corrected chi connectivity index (χ1v) is 6.34. The Morgan fingerprint density at radius 1 is 1.37 bits per heavy atom. The van der Waals surface area contributed by atoms with Crippen molar-refractivity contribution in [3.05, 3.63) is 17.7 Å². The summed E-state index contributed by atoms with van der Waals surface area (Å²) >= 11 is 0. The van der Waals surface area contributed by atoms with E-state index >= 15 is 0 Å². The minimum atomic E-state index is -0.125. The maximum Gasteiger partial charge on any atom is 0.231 e. The highest BCUT2D eigenvalue weighted by molar-refractivity contribution is 5.55. The van der Waals surface area contributed by atoms with Crippen molar-refractivity contribution in [3.63, 3.8) is 0 Å². The van der Waals surface area contributed by atoms with Crippen molar-refractivity contribution in [3.8, 4) is 17.2 Å². The lowest BCUT2D eigenvalue weighted by Gasteiger charge is -2.22. The molecule has 5 nitrogen and oxygen atoms in total. The van der Waals surface area contributed by atoms with Gasteiger partial charge in [0.05, 0.1) is 7.11 Å². The normalized spacial score (nSPS) is 13.7. The fourth-order valence-electron chi connectivity index (χ4n) is 1.89. The van der Waals surface area contributed by atoms with E-state index in [1.54, 1.807) is 7.11 Å². The number of rotatable bonds is 6. The van der Waals surface area contributed by atoms with Crippen LogP contribution in [0.4, 0.5) is 0 Å². The number of benzene rings is 1. The number of aliphatic hydroxyl groups excluding tert-OH is 1. The number of ether oxygens (including phenoxy) is 3. The van der Waals surface area contributed by atoms with E-state index in [1.165, 1.54) is 0 Å².